The fraction of sp³-hybridized carbons (Fsp3) is 0.500. The Hall–Kier alpha value is -0.940. The van der Waals surface area contributed by atoms with Gasteiger partial charge in [-0.3, -0.25) is 0 Å². The van der Waals surface area contributed by atoms with Gasteiger partial charge in [-0.1, -0.05) is 13.0 Å². The van der Waals surface area contributed by atoms with E-state index in [1.807, 2.05) is 6.07 Å². The molecular formula is C16H21NO2S. The number of aliphatic hydroxyl groups is 1. The third-order valence-electron chi connectivity index (χ3n) is 4.03. The fourth-order valence-corrected chi connectivity index (χ4v) is 3.51. The second-order valence-corrected chi connectivity index (χ2v) is 6.32. The monoisotopic (exact) mass is 291 g/mol. The summed E-state index contributed by atoms with van der Waals surface area (Å²) >= 11 is 1.73. The smallest absolute Gasteiger partial charge is 0.102 e. The van der Waals surface area contributed by atoms with Crippen LogP contribution in [0.2, 0.25) is 0 Å². The van der Waals surface area contributed by atoms with Crippen molar-refractivity contribution in [1.29, 1.82) is 0 Å². The lowest BCUT2D eigenvalue weighted by molar-refractivity contribution is -0.00548. The van der Waals surface area contributed by atoms with Crippen molar-refractivity contribution >= 4 is 21.4 Å². The number of ether oxygens (including phenoxy) is 1. The van der Waals surface area contributed by atoms with Crippen LogP contribution in [0.3, 0.4) is 0 Å². The van der Waals surface area contributed by atoms with Gasteiger partial charge in [0.2, 0.25) is 0 Å². The normalized spacial score (nSPS) is 21.6. The quantitative estimate of drug-likeness (QED) is 0.919. The average molecular weight is 291 g/mol. The summed E-state index contributed by atoms with van der Waals surface area (Å²) < 4.78 is 7.12. The largest absolute Gasteiger partial charge is 0.386 e. The fourth-order valence-electron chi connectivity index (χ4n) is 2.74. The minimum absolute atomic E-state index is 0.273. The van der Waals surface area contributed by atoms with Gasteiger partial charge in [-0.25, -0.2) is 0 Å². The van der Waals surface area contributed by atoms with Gasteiger partial charge in [0, 0.05) is 17.8 Å². The molecule has 1 saturated heterocycles. The number of likely N-dealkylation sites (N-methyl/N-ethyl adjacent to an activating group) is 1. The molecule has 2 unspecified atom stereocenters. The third kappa shape index (κ3) is 3.04. The molecule has 0 saturated carbocycles. The van der Waals surface area contributed by atoms with Crippen LogP contribution in [0.5, 0.6) is 0 Å². The molecule has 20 heavy (non-hydrogen) atoms. The lowest BCUT2D eigenvalue weighted by Gasteiger charge is -2.17. The van der Waals surface area contributed by atoms with E-state index in [2.05, 4.69) is 35.4 Å². The van der Waals surface area contributed by atoms with Crippen LogP contribution < -0.4 is 0 Å². The Bertz CT molecular complexity index is 568. The summed E-state index contributed by atoms with van der Waals surface area (Å²) in [6, 6.07) is 8.23. The van der Waals surface area contributed by atoms with Gasteiger partial charge < -0.3 is 14.7 Å². The Balaban J connectivity index is 1.57. The highest BCUT2D eigenvalue weighted by Gasteiger charge is 2.22. The molecule has 2 atom stereocenters. The highest BCUT2D eigenvalue weighted by molar-refractivity contribution is 7.17. The van der Waals surface area contributed by atoms with Crippen molar-refractivity contribution in [3.63, 3.8) is 0 Å². The minimum atomic E-state index is -0.532. The van der Waals surface area contributed by atoms with Gasteiger partial charge in [-0.2, -0.15) is 0 Å². The zero-order valence-corrected chi connectivity index (χ0v) is 12.6. The maximum Gasteiger partial charge on any atom is 0.102 e. The molecule has 0 radical (unpaired) electrons. The van der Waals surface area contributed by atoms with E-state index in [-0.39, 0.29) is 6.10 Å². The first-order valence-corrected chi connectivity index (χ1v) is 8.13. The second kappa shape index (κ2) is 6.22. The molecule has 1 aromatic carbocycles. The Kier molecular flexibility index (Phi) is 4.36. The zero-order valence-electron chi connectivity index (χ0n) is 11.8. The molecule has 3 rings (SSSR count). The SMILES string of the molecule is CCN1CCC(OCC(O)c2ccc3sccc3c2)C1. The maximum absolute atomic E-state index is 10.3. The molecule has 1 aliphatic heterocycles. The van der Waals surface area contributed by atoms with Crippen LogP contribution in [0.15, 0.2) is 29.6 Å². The van der Waals surface area contributed by atoms with Crippen LogP contribution >= 0.6 is 11.3 Å². The van der Waals surface area contributed by atoms with Gasteiger partial charge in [-0.15, -0.1) is 11.3 Å². The molecule has 2 heterocycles. The second-order valence-electron chi connectivity index (χ2n) is 5.37. The molecule has 0 amide bonds. The maximum atomic E-state index is 10.3. The lowest BCUT2D eigenvalue weighted by Crippen LogP contribution is -2.24. The third-order valence-corrected chi connectivity index (χ3v) is 4.93. The zero-order chi connectivity index (χ0) is 13.9. The van der Waals surface area contributed by atoms with Crippen LogP contribution in [0, 0.1) is 0 Å². The van der Waals surface area contributed by atoms with Crippen molar-refractivity contribution in [2.75, 3.05) is 26.2 Å². The first-order chi connectivity index (χ1) is 9.76. The van der Waals surface area contributed by atoms with Gasteiger partial charge >= 0.3 is 0 Å². The van der Waals surface area contributed by atoms with E-state index in [1.165, 1.54) is 10.1 Å². The van der Waals surface area contributed by atoms with E-state index in [9.17, 15) is 5.11 Å². The summed E-state index contributed by atoms with van der Waals surface area (Å²) in [5.74, 6) is 0. The van der Waals surface area contributed by atoms with Crippen LogP contribution in [-0.4, -0.2) is 42.4 Å². The number of likely N-dealkylation sites (tertiary alicyclic amines) is 1. The summed E-state index contributed by atoms with van der Waals surface area (Å²) in [7, 11) is 0. The number of hydrogen-bond donors (Lipinski definition) is 1. The van der Waals surface area contributed by atoms with Crippen molar-refractivity contribution in [3.8, 4) is 0 Å². The molecule has 0 bridgehead atoms. The Morgan fingerprint density at radius 2 is 2.35 bits per heavy atom. The Morgan fingerprint density at radius 1 is 1.45 bits per heavy atom. The molecule has 1 N–H and O–H groups in total. The molecule has 3 nitrogen and oxygen atoms in total. The predicted octanol–water partition coefficient (Wildman–Crippen LogP) is 3.05. The van der Waals surface area contributed by atoms with E-state index >= 15 is 0 Å². The van der Waals surface area contributed by atoms with E-state index < -0.39 is 6.10 Å². The summed E-state index contributed by atoms with van der Waals surface area (Å²) in [6.07, 6.45) is 0.814. The van der Waals surface area contributed by atoms with Crippen molar-refractivity contribution < 1.29 is 9.84 Å². The molecule has 2 aromatic rings. The van der Waals surface area contributed by atoms with Crippen molar-refractivity contribution in [2.45, 2.75) is 25.6 Å². The summed E-state index contributed by atoms with van der Waals surface area (Å²) in [5, 5.41) is 13.5. The van der Waals surface area contributed by atoms with Crippen LogP contribution in [0.4, 0.5) is 0 Å². The van der Waals surface area contributed by atoms with Crippen LogP contribution in [-0.2, 0) is 4.74 Å². The topological polar surface area (TPSA) is 32.7 Å². The summed E-state index contributed by atoms with van der Waals surface area (Å²) in [5.41, 5.74) is 0.946. The van der Waals surface area contributed by atoms with E-state index in [0.717, 1.165) is 31.6 Å². The Labute approximate surface area is 123 Å². The number of hydrogen-bond acceptors (Lipinski definition) is 4. The van der Waals surface area contributed by atoms with E-state index in [0.29, 0.717) is 6.61 Å². The first kappa shape index (κ1) is 14.0. The summed E-state index contributed by atoms with van der Waals surface area (Å²) in [6.45, 7) is 5.74. The average Bonchev–Trinajstić information content (AvgIpc) is 3.12. The van der Waals surface area contributed by atoms with Gasteiger partial charge in [0.15, 0.2) is 0 Å². The summed E-state index contributed by atoms with van der Waals surface area (Å²) in [4.78, 5) is 2.38. The Morgan fingerprint density at radius 3 is 3.15 bits per heavy atom. The van der Waals surface area contributed by atoms with Crippen molar-refractivity contribution in [2.24, 2.45) is 0 Å². The molecular weight excluding hydrogens is 270 g/mol. The van der Waals surface area contributed by atoms with Gasteiger partial charge in [0.1, 0.15) is 6.10 Å². The number of fused-ring (bicyclic) bond motifs is 1. The number of nitrogens with zero attached hydrogens (tertiary/aromatic N) is 1. The number of rotatable bonds is 5. The molecule has 1 fully saturated rings. The highest BCUT2D eigenvalue weighted by Crippen LogP contribution is 2.25. The minimum Gasteiger partial charge on any atom is -0.386 e. The van der Waals surface area contributed by atoms with E-state index in [1.54, 1.807) is 11.3 Å². The van der Waals surface area contributed by atoms with E-state index in [4.69, 9.17) is 4.74 Å². The molecule has 0 aliphatic carbocycles. The van der Waals surface area contributed by atoms with Gasteiger partial charge in [-0.05, 0) is 47.5 Å². The standard InChI is InChI=1S/C16H21NO2S/c1-2-17-7-5-14(10-17)19-11-15(18)12-3-4-16-13(9-12)6-8-20-16/h3-4,6,8-9,14-15,18H,2,5,7,10-11H2,1H3. The molecule has 4 heteroatoms. The number of benzene rings is 1. The number of thiophene rings is 1. The molecule has 0 spiro atoms. The lowest BCUT2D eigenvalue weighted by atomic mass is 10.1. The highest BCUT2D eigenvalue weighted by atomic mass is 32.1. The van der Waals surface area contributed by atoms with Gasteiger partial charge in [0.25, 0.3) is 0 Å². The van der Waals surface area contributed by atoms with Crippen molar-refractivity contribution in [1.82, 2.24) is 4.90 Å². The first-order valence-electron chi connectivity index (χ1n) is 7.25. The van der Waals surface area contributed by atoms with Gasteiger partial charge in [0.05, 0.1) is 12.7 Å². The predicted molar refractivity (Wildman–Crippen MR) is 83.3 cm³/mol. The molecule has 1 aliphatic rings. The molecule has 1 aromatic heterocycles. The molecule has 108 valence electrons. The van der Waals surface area contributed by atoms with Crippen LogP contribution in [0.25, 0.3) is 10.1 Å². The van der Waals surface area contributed by atoms with Crippen LogP contribution in [0.1, 0.15) is 25.0 Å². The van der Waals surface area contributed by atoms with Crippen molar-refractivity contribution in [3.05, 3.63) is 35.2 Å². The number of aliphatic hydroxyl groups excluding tert-OH is 1.